The van der Waals surface area contributed by atoms with Crippen molar-refractivity contribution >= 4 is 21.8 Å². The van der Waals surface area contributed by atoms with E-state index >= 15 is 0 Å². The maximum absolute atomic E-state index is 13.9. The molecule has 230 valence electrons. The van der Waals surface area contributed by atoms with E-state index in [0.717, 1.165) is 48.8 Å². The first-order chi connectivity index (χ1) is 20.8. The van der Waals surface area contributed by atoms with Crippen molar-refractivity contribution in [3.05, 3.63) is 95.6 Å². The van der Waals surface area contributed by atoms with Crippen molar-refractivity contribution in [2.75, 3.05) is 13.7 Å². The van der Waals surface area contributed by atoms with Gasteiger partial charge >= 0.3 is 0 Å². The number of hydrogen-bond acceptors (Lipinski definition) is 5. The average molecular weight is 606 g/mol. The van der Waals surface area contributed by atoms with Crippen LogP contribution in [0.1, 0.15) is 62.1 Å². The summed E-state index contributed by atoms with van der Waals surface area (Å²) in [4.78, 5) is 29.5. The molecule has 3 aromatic rings. The van der Waals surface area contributed by atoms with Crippen LogP contribution >= 0.6 is 0 Å². The Labute approximate surface area is 255 Å². The van der Waals surface area contributed by atoms with Crippen molar-refractivity contribution < 1.29 is 22.7 Å². The zero-order valence-electron chi connectivity index (χ0n) is 25.1. The Balaban J connectivity index is 1.53. The number of nitrogens with one attached hydrogen (secondary N) is 2. The quantitative estimate of drug-likeness (QED) is 0.211. The van der Waals surface area contributed by atoms with E-state index in [-0.39, 0.29) is 35.7 Å². The lowest BCUT2D eigenvalue weighted by atomic mass is 10.0. The number of amides is 2. The van der Waals surface area contributed by atoms with Crippen molar-refractivity contribution in [2.24, 2.45) is 0 Å². The largest absolute Gasteiger partial charge is 0.497 e. The standard InChI is InChI=1S/C34H43N3O5S/c1-3-4-8-23-35-34(39)32(24-27-9-6-5-7-10-27)37(25-28-11-18-30(42-2)19-12-28)33(38)22-15-26-13-20-31(21-14-26)43(40,41)36-29-16-17-29/h5-7,9-14,18-21,29,32,36H,3-4,8,15-17,22-25H2,1-2H3,(H,35,39)/t32-/m1/s1. The molecule has 0 saturated heterocycles. The molecule has 2 amide bonds. The number of unbranched alkanes of at least 4 members (excludes halogenated alkanes) is 2. The van der Waals surface area contributed by atoms with Crippen molar-refractivity contribution in [3.8, 4) is 5.75 Å². The van der Waals surface area contributed by atoms with Crippen LogP contribution in [0.2, 0.25) is 0 Å². The van der Waals surface area contributed by atoms with Crippen LogP contribution in [0, 0.1) is 0 Å². The van der Waals surface area contributed by atoms with E-state index in [0.29, 0.717) is 25.1 Å². The lowest BCUT2D eigenvalue weighted by molar-refractivity contribution is -0.141. The molecule has 1 aliphatic rings. The van der Waals surface area contributed by atoms with E-state index in [4.69, 9.17) is 4.74 Å². The predicted molar refractivity (Wildman–Crippen MR) is 168 cm³/mol. The van der Waals surface area contributed by atoms with Crippen molar-refractivity contribution in [1.29, 1.82) is 0 Å². The first-order valence-electron chi connectivity index (χ1n) is 15.1. The normalized spacial score (nSPS) is 13.7. The van der Waals surface area contributed by atoms with E-state index < -0.39 is 16.1 Å². The van der Waals surface area contributed by atoms with Gasteiger partial charge in [-0.15, -0.1) is 0 Å². The van der Waals surface area contributed by atoms with Gasteiger partial charge < -0.3 is 15.0 Å². The SMILES string of the molecule is CCCCCNC(=O)[C@@H](Cc1ccccc1)N(Cc1ccc(OC)cc1)C(=O)CCc1ccc(S(=O)(=O)NC2CC2)cc1. The van der Waals surface area contributed by atoms with Crippen LogP contribution in [0.5, 0.6) is 5.75 Å². The summed E-state index contributed by atoms with van der Waals surface area (Å²) >= 11 is 0. The summed E-state index contributed by atoms with van der Waals surface area (Å²) < 4.78 is 33.1. The molecule has 1 aliphatic carbocycles. The fraction of sp³-hybridized carbons (Fsp3) is 0.412. The molecule has 0 heterocycles. The molecule has 1 saturated carbocycles. The fourth-order valence-electron chi connectivity index (χ4n) is 4.90. The highest BCUT2D eigenvalue weighted by atomic mass is 32.2. The number of methoxy groups -OCH3 is 1. The smallest absolute Gasteiger partial charge is 0.243 e. The van der Waals surface area contributed by atoms with Gasteiger partial charge in [0.1, 0.15) is 11.8 Å². The third kappa shape index (κ3) is 9.93. The number of sulfonamides is 1. The molecule has 3 aromatic carbocycles. The molecular formula is C34H43N3O5S. The average Bonchev–Trinajstić information content (AvgIpc) is 3.84. The molecular weight excluding hydrogens is 562 g/mol. The van der Waals surface area contributed by atoms with Crippen LogP contribution in [-0.4, -0.2) is 50.9 Å². The van der Waals surface area contributed by atoms with Crippen molar-refractivity contribution in [1.82, 2.24) is 14.9 Å². The van der Waals surface area contributed by atoms with Crippen LogP contribution < -0.4 is 14.8 Å². The molecule has 0 unspecified atom stereocenters. The van der Waals surface area contributed by atoms with E-state index in [9.17, 15) is 18.0 Å². The van der Waals surface area contributed by atoms with Crippen LogP contribution in [0.25, 0.3) is 0 Å². The number of nitrogens with zero attached hydrogens (tertiary/aromatic N) is 1. The van der Waals surface area contributed by atoms with Crippen molar-refractivity contribution in [2.45, 2.75) is 81.8 Å². The summed E-state index contributed by atoms with van der Waals surface area (Å²) in [7, 11) is -1.93. The third-order valence-corrected chi connectivity index (χ3v) is 9.16. The second-order valence-electron chi connectivity index (χ2n) is 11.1. The Morgan fingerprint density at radius 2 is 1.58 bits per heavy atom. The monoisotopic (exact) mass is 605 g/mol. The number of hydrogen-bond donors (Lipinski definition) is 2. The molecule has 43 heavy (non-hydrogen) atoms. The summed E-state index contributed by atoms with van der Waals surface area (Å²) in [6.45, 7) is 2.95. The zero-order chi connectivity index (χ0) is 30.7. The molecule has 1 atom stereocenters. The highest BCUT2D eigenvalue weighted by Crippen LogP contribution is 2.23. The summed E-state index contributed by atoms with van der Waals surface area (Å²) in [6, 6.07) is 23.3. The number of carbonyl (C=O) groups is 2. The summed E-state index contributed by atoms with van der Waals surface area (Å²) in [5.74, 6) is 0.404. The van der Waals surface area contributed by atoms with Crippen LogP contribution in [0.15, 0.2) is 83.8 Å². The molecule has 0 bridgehead atoms. The Morgan fingerprint density at radius 1 is 0.907 bits per heavy atom. The fourth-order valence-corrected chi connectivity index (χ4v) is 6.21. The molecule has 4 rings (SSSR count). The van der Waals surface area contributed by atoms with E-state index in [1.807, 2.05) is 54.6 Å². The Morgan fingerprint density at radius 3 is 2.21 bits per heavy atom. The third-order valence-electron chi connectivity index (χ3n) is 7.62. The number of benzene rings is 3. The molecule has 1 fully saturated rings. The lowest BCUT2D eigenvalue weighted by Gasteiger charge is -2.32. The van der Waals surface area contributed by atoms with Gasteiger partial charge in [-0.05, 0) is 66.6 Å². The molecule has 8 nitrogen and oxygen atoms in total. The Kier molecular flexibility index (Phi) is 11.8. The minimum Gasteiger partial charge on any atom is -0.497 e. The predicted octanol–water partition coefficient (Wildman–Crippen LogP) is 5.02. The maximum atomic E-state index is 13.9. The van der Waals surface area contributed by atoms with Gasteiger partial charge in [0.25, 0.3) is 0 Å². The number of carbonyl (C=O) groups excluding carboxylic acids is 2. The number of aryl methyl sites for hydroxylation is 1. The van der Waals surface area contributed by atoms with Crippen molar-refractivity contribution in [3.63, 3.8) is 0 Å². The molecule has 2 N–H and O–H groups in total. The number of rotatable bonds is 17. The minimum absolute atomic E-state index is 0.0339. The topological polar surface area (TPSA) is 105 Å². The molecule has 0 aromatic heterocycles. The second-order valence-corrected chi connectivity index (χ2v) is 12.8. The lowest BCUT2D eigenvalue weighted by Crippen LogP contribution is -2.50. The van der Waals surface area contributed by atoms with Gasteiger partial charge in [-0.25, -0.2) is 13.1 Å². The second kappa shape index (κ2) is 15.7. The van der Waals surface area contributed by atoms with Gasteiger partial charge in [0.05, 0.1) is 12.0 Å². The zero-order valence-corrected chi connectivity index (χ0v) is 25.9. The van der Waals surface area contributed by atoms with Gasteiger partial charge in [0, 0.05) is 32.0 Å². The summed E-state index contributed by atoms with van der Waals surface area (Å²) in [6.07, 6.45) is 5.69. The van der Waals surface area contributed by atoms with E-state index in [1.54, 1.807) is 36.3 Å². The Hall–Kier alpha value is -3.69. The molecule has 0 aliphatic heterocycles. The first-order valence-corrected chi connectivity index (χ1v) is 16.6. The highest BCUT2D eigenvalue weighted by molar-refractivity contribution is 7.89. The van der Waals surface area contributed by atoms with Crippen LogP contribution in [0.3, 0.4) is 0 Å². The number of ether oxygens (including phenoxy) is 1. The van der Waals surface area contributed by atoms with Gasteiger partial charge in [0.2, 0.25) is 21.8 Å². The van der Waals surface area contributed by atoms with Gasteiger partial charge in [0.15, 0.2) is 0 Å². The summed E-state index contributed by atoms with van der Waals surface area (Å²) in [5.41, 5.74) is 2.72. The van der Waals surface area contributed by atoms with Crippen LogP contribution in [0.4, 0.5) is 0 Å². The molecule has 0 spiro atoms. The van der Waals surface area contributed by atoms with Gasteiger partial charge in [-0.1, -0.05) is 74.4 Å². The molecule has 9 heteroatoms. The van der Waals surface area contributed by atoms with E-state index in [2.05, 4.69) is 17.0 Å². The highest BCUT2D eigenvalue weighted by Gasteiger charge is 2.30. The maximum Gasteiger partial charge on any atom is 0.243 e. The first kappa shape index (κ1) is 32.2. The van der Waals surface area contributed by atoms with E-state index in [1.165, 1.54) is 0 Å². The van der Waals surface area contributed by atoms with Gasteiger partial charge in [-0.2, -0.15) is 0 Å². The summed E-state index contributed by atoms with van der Waals surface area (Å²) in [5, 5.41) is 3.07. The minimum atomic E-state index is -3.54. The Bertz CT molecular complexity index is 1420. The van der Waals surface area contributed by atoms with Gasteiger partial charge in [-0.3, -0.25) is 9.59 Å². The molecule has 0 radical (unpaired) electrons. The van der Waals surface area contributed by atoms with Crippen LogP contribution in [-0.2, 0) is 39.0 Å².